The van der Waals surface area contributed by atoms with Crippen molar-refractivity contribution in [1.82, 2.24) is 19.9 Å². The maximum Gasteiger partial charge on any atom is 0.419 e. The van der Waals surface area contributed by atoms with Crippen LogP contribution in [-0.4, -0.2) is 19.9 Å². The van der Waals surface area contributed by atoms with Gasteiger partial charge in [-0.25, -0.2) is 19.3 Å². The third-order valence-corrected chi connectivity index (χ3v) is 4.95. The number of aromatic amines is 1. The molecule has 3 heterocycles. The highest BCUT2D eigenvalue weighted by Gasteiger charge is 2.34. The van der Waals surface area contributed by atoms with E-state index in [-0.39, 0.29) is 18.4 Å². The van der Waals surface area contributed by atoms with Crippen molar-refractivity contribution in [2.45, 2.75) is 25.4 Å². The first-order chi connectivity index (χ1) is 14.3. The Kier molecular flexibility index (Phi) is 5.42. The topological polar surface area (TPSA) is 54.5 Å². The predicted octanol–water partition coefficient (Wildman–Crippen LogP) is 5.54. The number of benzene rings is 1. The molecular weight excluding hydrogens is 420 g/mol. The number of alkyl halides is 3. The minimum Gasteiger partial charge on any atom is -0.346 e. The van der Waals surface area contributed by atoms with Gasteiger partial charge in [-0.1, -0.05) is 23.7 Å². The molecule has 0 aliphatic carbocycles. The predicted molar refractivity (Wildman–Crippen MR) is 105 cm³/mol. The number of H-pyrrole nitrogens is 1. The number of nitrogens with one attached hydrogen (secondary N) is 1. The molecule has 0 unspecified atom stereocenters. The number of halogens is 5. The Morgan fingerprint density at radius 3 is 2.47 bits per heavy atom. The van der Waals surface area contributed by atoms with Crippen LogP contribution in [0.2, 0.25) is 5.02 Å². The van der Waals surface area contributed by atoms with E-state index in [4.69, 9.17) is 11.6 Å². The largest absolute Gasteiger partial charge is 0.419 e. The fourth-order valence-electron chi connectivity index (χ4n) is 3.24. The molecule has 0 saturated carbocycles. The van der Waals surface area contributed by atoms with Crippen LogP contribution in [0.5, 0.6) is 0 Å². The molecule has 0 amide bonds. The molecule has 0 radical (unpaired) electrons. The molecule has 4 rings (SSSR count). The summed E-state index contributed by atoms with van der Waals surface area (Å²) in [5.74, 6) is -0.813. The first-order valence-corrected chi connectivity index (χ1v) is 9.45. The second kappa shape index (κ2) is 8.02. The summed E-state index contributed by atoms with van der Waals surface area (Å²) in [6.07, 6.45) is 2.86. The van der Waals surface area contributed by atoms with Crippen LogP contribution in [0.25, 0.3) is 11.0 Å². The Labute approximate surface area is 174 Å². The van der Waals surface area contributed by atoms with Gasteiger partial charge in [0.15, 0.2) is 0 Å². The lowest BCUT2D eigenvalue weighted by atomic mass is 10.0. The van der Waals surface area contributed by atoms with E-state index in [0.717, 1.165) is 28.2 Å². The van der Waals surface area contributed by atoms with E-state index in [9.17, 15) is 17.6 Å². The number of aromatic nitrogens is 4. The van der Waals surface area contributed by atoms with E-state index >= 15 is 0 Å². The first kappa shape index (κ1) is 20.3. The van der Waals surface area contributed by atoms with Gasteiger partial charge in [-0.3, -0.25) is 0 Å². The van der Waals surface area contributed by atoms with E-state index in [0.29, 0.717) is 17.3 Å². The Hall–Kier alpha value is -3.00. The number of hydrogen-bond acceptors (Lipinski definition) is 3. The molecule has 4 aromatic rings. The van der Waals surface area contributed by atoms with E-state index in [1.54, 1.807) is 18.6 Å². The van der Waals surface area contributed by atoms with Gasteiger partial charge in [0.05, 0.1) is 10.6 Å². The molecule has 3 aromatic heterocycles. The van der Waals surface area contributed by atoms with Gasteiger partial charge in [-0.2, -0.15) is 13.2 Å². The van der Waals surface area contributed by atoms with Crippen LogP contribution in [0.1, 0.15) is 28.1 Å². The minimum absolute atomic E-state index is 0.0133. The second-order valence-corrected chi connectivity index (χ2v) is 7.26. The molecule has 4 nitrogen and oxygen atoms in total. The quantitative estimate of drug-likeness (QED) is 0.419. The maximum absolute atomic E-state index is 14.1. The van der Waals surface area contributed by atoms with Crippen molar-refractivity contribution in [3.8, 4) is 0 Å². The van der Waals surface area contributed by atoms with Crippen molar-refractivity contribution < 1.29 is 17.6 Å². The fraction of sp³-hybridized carbons (Fsp3) is 0.190. The summed E-state index contributed by atoms with van der Waals surface area (Å²) in [7, 11) is 0. The highest BCUT2D eigenvalue weighted by Crippen LogP contribution is 2.32. The van der Waals surface area contributed by atoms with Gasteiger partial charge in [0, 0.05) is 43.0 Å². The SMILES string of the molecule is Fc1c(CCc2ncc(Cc3c[nH]c4ncc(Cl)cc34)cn2)cccc1C(F)(F)F. The fourth-order valence-corrected chi connectivity index (χ4v) is 3.40. The van der Waals surface area contributed by atoms with Gasteiger partial charge in [-0.15, -0.1) is 0 Å². The van der Waals surface area contributed by atoms with Gasteiger partial charge in [0.1, 0.15) is 17.3 Å². The van der Waals surface area contributed by atoms with Crippen molar-refractivity contribution in [3.05, 3.63) is 88.0 Å². The van der Waals surface area contributed by atoms with Gasteiger partial charge in [0.2, 0.25) is 0 Å². The van der Waals surface area contributed by atoms with Crippen molar-refractivity contribution in [2.24, 2.45) is 0 Å². The molecule has 0 saturated heterocycles. The average Bonchev–Trinajstić information content (AvgIpc) is 3.09. The number of aryl methyl sites for hydroxylation is 2. The number of fused-ring (bicyclic) bond motifs is 1. The second-order valence-electron chi connectivity index (χ2n) is 6.82. The number of nitrogens with zero attached hydrogens (tertiary/aromatic N) is 3. The summed E-state index contributed by atoms with van der Waals surface area (Å²) in [5.41, 5.74) is 1.30. The lowest BCUT2D eigenvalue weighted by Crippen LogP contribution is -2.10. The minimum atomic E-state index is -4.72. The van der Waals surface area contributed by atoms with Crippen LogP contribution in [0.4, 0.5) is 17.6 Å². The zero-order valence-corrected chi connectivity index (χ0v) is 16.2. The maximum atomic E-state index is 14.1. The van der Waals surface area contributed by atoms with Crippen LogP contribution < -0.4 is 0 Å². The standard InChI is InChI=1S/C21H15ClF4N4/c22-15-7-16-14(10-29-20(16)30-11-15)6-12-8-27-18(28-9-12)5-4-13-2-1-3-17(19(13)23)21(24,25)26/h1-3,7-11H,4-6H2,(H,29,30). The van der Waals surface area contributed by atoms with Crippen LogP contribution in [0.3, 0.4) is 0 Å². The number of pyridine rings is 1. The lowest BCUT2D eigenvalue weighted by molar-refractivity contribution is -0.140. The van der Waals surface area contributed by atoms with E-state index in [2.05, 4.69) is 19.9 Å². The molecule has 30 heavy (non-hydrogen) atoms. The van der Waals surface area contributed by atoms with Crippen molar-refractivity contribution >= 4 is 22.6 Å². The molecule has 0 atom stereocenters. The van der Waals surface area contributed by atoms with E-state index in [1.165, 1.54) is 12.1 Å². The Morgan fingerprint density at radius 2 is 1.73 bits per heavy atom. The summed E-state index contributed by atoms with van der Waals surface area (Å²) in [6, 6.07) is 5.11. The van der Waals surface area contributed by atoms with Crippen LogP contribution in [-0.2, 0) is 25.4 Å². The van der Waals surface area contributed by atoms with Gasteiger partial charge in [-0.05, 0) is 35.2 Å². The molecule has 0 aliphatic rings. The zero-order valence-electron chi connectivity index (χ0n) is 15.5. The van der Waals surface area contributed by atoms with Crippen molar-refractivity contribution in [1.29, 1.82) is 0 Å². The summed E-state index contributed by atoms with van der Waals surface area (Å²) < 4.78 is 52.6. The van der Waals surface area contributed by atoms with Crippen LogP contribution in [0.15, 0.2) is 49.1 Å². The van der Waals surface area contributed by atoms with E-state index < -0.39 is 17.6 Å². The van der Waals surface area contributed by atoms with Crippen molar-refractivity contribution in [3.63, 3.8) is 0 Å². The smallest absolute Gasteiger partial charge is 0.346 e. The monoisotopic (exact) mass is 434 g/mol. The molecule has 0 spiro atoms. The van der Waals surface area contributed by atoms with E-state index in [1.807, 2.05) is 12.3 Å². The molecular formula is C21H15ClF4N4. The van der Waals surface area contributed by atoms with Gasteiger partial charge in [0.25, 0.3) is 0 Å². The van der Waals surface area contributed by atoms with Crippen LogP contribution >= 0.6 is 11.6 Å². The molecule has 1 N–H and O–H groups in total. The third-order valence-electron chi connectivity index (χ3n) is 4.74. The normalized spacial score (nSPS) is 11.9. The molecule has 0 aliphatic heterocycles. The molecule has 154 valence electrons. The van der Waals surface area contributed by atoms with Gasteiger partial charge >= 0.3 is 6.18 Å². The van der Waals surface area contributed by atoms with Crippen LogP contribution in [0, 0.1) is 5.82 Å². The summed E-state index contributed by atoms with van der Waals surface area (Å²) in [6.45, 7) is 0. The Morgan fingerprint density at radius 1 is 0.967 bits per heavy atom. The highest BCUT2D eigenvalue weighted by molar-refractivity contribution is 6.31. The Balaban J connectivity index is 1.45. The highest BCUT2D eigenvalue weighted by atomic mass is 35.5. The molecule has 0 fully saturated rings. The summed E-state index contributed by atoms with van der Waals surface area (Å²) >= 11 is 6.01. The molecule has 0 bridgehead atoms. The number of rotatable bonds is 5. The third kappa shape index (κ3) is 4.28. The number of hydrogen-bond donors (Lipinski definition) is 1. The zero-order chi connectivity index (χ0) is 21.3. The first-order valence-electron chi connectivity index (χ1n) is 9.07. The lowest BCUT2D eigenvalue weighted by Gasteiger charge is -2.11. The van der Waals surface area contributed by atoms with Crippen molar-refractivity contribution in [2.75, 3.05) is 0 Å². The summed E-state index contributed by atoms with van der Waals surface area (Å²) in [5, 5.41) is 1.45. The average molecular weight is 435 g/mol. The molecule has 9 heteroatoms. The summed E-state index contributed by atoms with van der Waals surface area (Å²) in [4.78, 5) is 15.8. The molecule has 1 aromatic carbocycles. The van der Waals surface area contributed by atoms with Gasteiger partial charge < -0.3 is 4.98 Å². The Bertz CT molecular complexity index is 1190.